The number of pyridine rings is 1. The van der Waals surface area contributed by atoms with E-state index in [-0.39, 0.29) is 11.4 Å². The minimum atomic E-state index is -4.53. The Morgan fingerprint density at radius 2 is 2.16 bits per heavy atom. The number of benzene rings is 1. The highest BCUT2D eigenvalue weighted by Gasteiger charge is 2.41. The lowest BCUT2D eigenvalue weighted by Gasteiger charge is -2.41. The monoisotopic (exact) mass is 353 g/mol. The van der Waals surface area contributed by atoms with E-state index >= 15 is 0 Å². The summed E-state index contributed by atoms with van der Waals surface area (Å²) in [5, 5.41) is 15.3. The van der Waals surface area contributed by atoms with E-state index in [1.165, 1.54) is 12.3 Å². The van der Waals surface area contributed by atoms with Gasteiger partial charge >= 0.3 is 12.3 Å². The van der Waals surface area contributed by atoms with Crippen molar-refractivity contribution in [3.05, 3.63) is 41.6 Å². The van der Waals surface area contributed by atoms with Crippen LogP contribution in [-0.2, 0) is 11.7 Å². The average molecular weight is 353 g/mol. The van der Waals surface area contributed by atoms with Crippen molar-refractivity contribution in [2.24, 2.45) is 5.92 Å². The summed E-state index contributed by atoms with van der Waals surface area (Å²) >= 11 is 0. The van der Waals surface area contributed by atoms with Crippen LogP contribution in [0.5, 0.6) is 0 Å². The first-order valence-electron chi connectivity index (χ1n) is 7.90. The van der Waals surface area contributed by atoms with Crippen LogP contribution in [0.1, 0.15) is 24.5 Å². The van der Waals surface area contributed by atoms with Crippen LogP contribution in [0.2, 0.25) is 0 Å². The lowest BCUT2D eigenvalue weighted by atomic mass is 9.77. The van der Waals surface area contributed by atoms with Gasteiger partial charge in [-0.25, -0.2) is 4.79 Å². The van der Waals surface area contributed by atoms with E-state index in [1.807, 2.05) is 6.92 Å². The number of nitrogens with one attached hydrogen (secondary N) is 2. The second kappa shape index (κ2) is 6.18. The lowest BCUT2D eigenvalue weighted by molar-refractivity contribution is -0.136. The molecule has 2 aromatic rings. The predicted molar refractivity (Wildman–Crippen MR) is 86.2 cm³/mol. The van der Waals surface area contributed by atoms with Crippen LogP contribution < -0.4 is 10.6 Å². The van der Waals surface area contributed by atoms with Crippen molar-refractivity contribution in [2.75, 3.05) is 13.1 Å². The molecule has 2 heterocycles. The number of hydrogen-bond acceptors (Lipinski definition) is 3. The van der Waals surface area contributed by atoms with Gasteiger partial charge in [0.05, 0.1) is 16.6 Å². The van der Waals surface area contributed by atoms with E-state index in [0.717, 1.165) is 12.6 Å². The predicted octanol–water partition coefficient (Wildman–Crippen LogP) is 3.35. The molecule has 3 rings (SSSR count). The van der Waals surface area contributed by atoms with Gasteiger partial charge in [0, 0.05) is 18.1 Å². The third-order valence-electron chi connectivity index (χ3n) is 4.55. The van der Waals surface area contributed by atoms with Crippen molar-refractivity contribution in [3.8, 4) is 0 Å². The smallest absolute Gasteiger partial charge is 0.418 e. The molecule has 25 heavy (non-hydrogen) atoms. The molecule has 0 saturated carbocycles. The Hall–Kier alpha value is -2.35. The van der Waals surface area contributed by atoms with Crippen LogP contribution in [0.25, 0.3) is 10.9 Å². The van der Waals surface area contributed by atoms with E-state index in [2.05, 4.69) is 15.6 Å². The Kier molecular flexibility index (Phi) is 4.32. The molecule has 1 aliphatic heterocycles. The maximum atomic E-state index is 13.3. The van der Waals surface area contributed by atoms with Gasteiger partial charge in [0.2, 0.25) is 0 Å². The van der Waals surface area contributed by atoms with Crippen molar-refractivity contribution in [1.82, 2.24) is 15.6 Å². The van der Waals surface area contributed by atoms with Crippen LogP contribution in [0.15, 0.2) is 30.5 Å². The molecule has 1 aromatic heterocycles. The molecule has 0 unspecified atom stereocenters. The second-order valence-corrected chi connectivity index (χ2v) is 6.51. The number of fused-ring (bicyclic) bond motifs is 1. The standard InChI is InChI=1S/C17H18F3N3O2/c1-10-7-16(9-21-8-10,23-15(24)25)12-4-5-13(17(18,19)20)14-11(12)3-2-6-22-14/h2-6,10,21,23H,7-9H2,1H3,(H,24,25)/t10-,16-/m0/s1. The maximum absolute atomic E-state index is 13.3. The summed E-state index contributed by atoms with van der Waals surface area (Å²) < 4.78 is 39.9. The second-order valence-electron chi connectivity index (χ2n) is 6.51. The average Bonchev–Trinajstić information content (AvgIpc) is 2.52. The number of amides is 1. The molecular weight excluding hydrogens is 335 g/mol. The number of rotatable bonds is 2. The molecule has 1 saturated heterocycles. The summed E-state index contributed by atoms with van der Waals surface area (Å²) in [4.78, 5) is 15.3. The summed E-state index contributed by atoms with van der Waals surface area (Å²) in [7, 11) is 0. The number of nitrogens with zero attached hydrogens (tertiary/aromatic N) is 1. The lowest BCUT2D eigenvalue weighted by Crippen LogP contribution is -2.57. The van der Waals surface area contributed by atoms with Crippen LogP contribution in [0.4, 0.5) is 18.0 Å². The van der Waals surface area contributed by atoms with Crippen molar-refractivity contribution in [1.29, 1.82) is 0 Å². The molecule has 5 nitrogen and oxygen atoms in total. The summed E-state index contributed by atoms with van der Waals surface area (Å²) in [6.07, 6.45) is -3.95. The van der Waals surface area contributed by atoms with Crippen molar-refractivity contribution in [2.45, 2.75) is 25.1 Å². The van der Waals surface area contributed by atoms with E-state index in [9.17, 15) is 23.1 Å². The quantitative estimate of drug-likeness (QED) is 0.774. The molecule has 3 N–H and O–H groups in total. The summed E-state index contributed by atoms with van der Waals surface area (Å²) in [6.45, 7) is 2.99. The normalized spacial score (nSPS) is 24.2. The zero-order valence-electron chi connectivity index (χ0n) is 13.5. The van der Waals surface area contributed by atoms with Crippen molar-refractivity contribution >= 4 is 17.0 Å². The molecule has 1 amide bonds. The van der Waals surface area contributed by atoms with E-state index in [1.54, 1.807) is 12.1 Å². The Balaban J connectivity index is 2.24. The summed E-state index contributed by atoms with van der Waals surface area (Å²) in [5.74, 6) is 0.162. The highest BCUT2D eigenvalue weighted by Crippen LogP contribution is 2.40. The highest BCUT2D eigenvalue weighted by molar-refractivity contribution is 5.87. The van der Waals surface area contributed by atoms with Gasteiger partial charge in [-0.3, -0.25) is 4.98 Å². The van der Waals surface area contributed by atoms with Gasteiger partial charge in [0.25, 0.3) is 0 Å². The number of halogens is 3. The fraction of sp³-hybridized carbons (Fsp3) is 0.412. The van der Waals surface area contributed by atoms with Gasteiger partial charge in [0.15, 0.2) is 0 Å². The highest BCUT2D eigenvalue weighted by atomic mass is 19.4. The molecule has 0 radical (unpaired) electrons. The number of alkyl halides is 3. The molecule has 8 heteroatoms. The topological polar surface area (TPSA) is 74.2 Å². The van der Waals surface area contributed by atoms with Crippen LogP contribution in [0, 0.1) is 5.92 Å². The number of carbonyl (C=O) groups is 1. The van der Waals surface area contributed by atoms with Gasteiger partial charge in [-0.2, -0.15) is 13.2 Å². The Morgan fingerprint density at radius 1 is 1.40 bits per heavy atom. The fourth-order valence-corrected chi connectivity index (χ4v) is 3.66. The molecule has 0 spiro atoms. The Labute approximate surface area is 142 Å². The van der Waals surface area contributed by atoms with Gasteiger partial charge in [-0.15, -0.1) is 0 Å². The largest absolute Gasteiger partial charge is 0.465 e. The number of aromatic nitrogens is 1. The van der Waals surface area contributed by atoms with Gasteiger partial charge in [-0.1, -0.05) is 19.1 Å². The third kappa shape index (κ3) is 3.26. The van der Waals surface area contributed by atoms with Crippen molar-refractivity contribution < 1.29 is 23.1 Å². The van der Waals surface area contributed by atoms with Gasteiger partial charge in [-0.05, 0) is 36.6 Å². The molecule has 0 aliphatic carbocycles. The van der Waals surface area contributed by atoms with Gasteiger partial charge in [0.1, 0.15) is 0 Å². The third-order valence-corrected chi connectivity index (χ3v) is 4.55. The SMILES string of the molecule is C[C@@H]1CNC[C@](NC(=O)O)(c2ccc(C(F)(F)F)c3ncccc23)C1. The summed E-state index contributed by atoms with van der Waals surface area (Å²) in [5.41, 5.74) is -1.49. The van der Waals surface area contributed by atoms with Crippen LogP contribution in [0.3, 0.4) is 0 Å². The first-order chi connectivity index (χ1) is 11.7. The summed E-state index contributed by atoms with van der Waals surface area (Å²) in [6, 6.07) is 5.45. The van der Waals surface area contributed by atoms with Crippen LogP contribution >= 0.6 is 0 Å². The first-order valence-corrected chi connectivity index (χ1v) is 7.90. The number of carboxylic acid groups (broad SMARTS) is 1. The molecule has 1 aliphatic rings. The Morgan fingerprint density at radius 3 is 2.80 bits per heavy atom. The molecular formula is C17H18F3N3O2. The first kappa shape index (κ1) is 17.5. The van der Waals surface area contributed by atoms with Crippen molar-refractivity contribution in [3.63, 3.8) is 0 Å². The number of hydrogen-bond donors (Lipinski definition) is 3. The minimum absolute atomic E-state index is 0.162. The van der Waals surface area contributed by atoms with E-state index in [0.29, 0.717) is 23.9 Å². The Bertz CT molecular complexity index is 809. The molecule has 1 fully saturated rings. The minimum Gasteiger partial charge on any atom is -0.465 e. The van der Waals surface area contributed by atoms with E-state index in [4.69, 9.17) is 0 Å². The molecule has 2 atom stereocenters. The van der Waals surface area contributed by atoms with Gasteiger partial charge < -0.3 is 15.7 Å². The molecule has 134 valence electrons. The molecule has 0 bridgehead atoms. The maximum Gasteiger partial charge on any atom is 0.418 e. The zero-order valence-corrected chi connectivity index (χ0v) is 13.5. The van der Waals surface area contributed by atoms with Crippen LogP contribution in [-0.4, -0.2) is 29.3 Å². The van der Waals surface area contributed by atoms with E-state index < -0.39 is 23.4 Å². The molecule has 1 aromatic carbocycles. The fourth-order valence-electron chi connectivity index (χ4n) is 3.66. The zero-order chi connectivity index (χ0) is 18.2. The number of piperidine rings is 1.